The minimum atomic E-state index is -0.379. The molecule has 0 aliphatic heterocycles. The highest BCUT2D eigenvalue weighted by atomic mass is 127. The third-order valence-corrected chi connectivity index (χ3v) is 15.3. The maximum absolute atomic E-state index is 14.1. The fourth-order valence-corrected chi connectivity index (χ4v) is 12.6. The quantitative estimate of drug-likeness (QED) is 0.0396. The zero-order valence-corrected chi connectivity index (χ0v) is 45.1. The van der Waals surface area contributed by atoms with E-state index in [-0.39, 0.29) is 97.5 Å². The number of thioether (sulfide) groups is 2. The molecule has 0 saturated carbocycles. The van der Waals surface area contributed by atoms with Crippen LogP contribution in [0.3, 0.4) is 0 Å². The Bertz CT molecular complexity index is 2600. The summed E-state index contributed by atoms with van der Waals surface area (Å²) in [6, 6.07) is 31.1. The lowest BCUT2D eigenvalue weighted by molar-refractivity contribution is -0.599. The number of benzene rings is 3. The first-order valence-electron chi connectivity index (χ1n) is 21.1. The van der Waals surface area contributed by atoms with Gasteiger partial charge in [-0.2, -0.15) is 9.13 Å². The van der Waals surface area contributed by atoms with Gasteiger partial charge in [0.2, 0.25) is 22.9 Å². The number of halogens is 2. The van der Waals surface area contributed by atoms with Gasteiger partial charge in [0.25, 0.3) is 0 Å². The first-order chi connectivity index (χ1) is 30.9. The molecule has 14 heteroatoms. The van der Waals surface area contributed by atoms with Gasteiger partial charge in [-0.25, -0.2) is 0 Å². The van der Waals surface area contributed by atoms with Crippen molar-refractivity contribution < 1.29 is 85.7 Å². The predicted molar refractivity (Wildman–Crippen MR) is 257 cm³/mol. The van der Waals surface area contributed by atoms with Gasteiger partial charge in [-0.05, 0) is 64.8 Å². The van der Waals surface area contributed by atoms with E-state index in [9.17, 15) is 19.2 Å². The van der Waals surface area contributed by atoms with Crippen LogP contribution in [0.15, 0.2) is 130 Å². The van der Waals surface area contributed by atoms with E-state index in [0.717, 1.165) is 53.2 Å². The molecule has 0 amide bonds. The molecule has 0 bridgehead atoms. The van der Waals surface area contributed by atoms with Crippen LogP contribution in [0.25, 0.3) is 11.4 Å². The number of carbonyl (C=O) groups excluding carboxylic acids is 4. The topological polar surface area (TPSA) is 94.5 Å². The third-order valence-electron chi connectivity index (χ3n) is 10.2. The molecule has 0 aliphatic rings. The lowest BCUT2D eigenvalue weighted by Crippen LogP contribution is -3.00. The van der Waals surface area contributed by atoms with E-state index in [1.807, 2.05) is 98.0 Å². The molecule has 0 radical (unpaired) electrons. The molecule has 4 heterocycles. The molecule has 7 rings (SSSR count). The minimum Gasteiger partial charge on any atom is -1.00 e. The van der Waals surface area contributed by atoms with Crippen LogP contribution in [-0.4, -0.2) is 36.7 Å². The monoisotopic (exact) mass is 1180 g/mol. The number of hydrogen-bond donors (Lipinski definition) is 0. The second-order valence-electron chi connectivity index (χ2n) is 15.4. The van der Waals surface area contributed by atoms with Gasteiger partial charge in [-0.15, -0.1) is 46.2 Å². The van der Waals surface area contributed by atoms with E-state index < -0.39 is 0 Å². The standard InChI is InChI=1S/C52H50N2O6S4.2HI/c1-7-59-43(55)25-41-45(53-27-33(3)23-34(4)28-53)51(63-49(41)47(57)39-15-11-9-12-16-39)61-31-37-19-21-38(22-20-37)32-62-52-46(54-29-35(5)24-36(6)30-54)42(26-44(56)60-8-2)50(64-52)48(58)40-17-13-10-14-18-40;;/h9-24,27-30H,7-8,25-26,31-32H2,1-6H3;2*1H/q+2;;/p-2. The number of rotatable bonds is 18. The molecule has 0 atom stereocenters. The number of aromatic nitrogens is 2. The fourth-order valence-electron chi connectivity index (χ4n) is 7.54. The number of pyridine rings is 2. The maximum Gasteiger partial charge on any atom is 0.310 e. The van der Waals surface area contributed by atoms with Gasteiger partial charge < -0.3 is 57.4 Å². The Kier molecular flexibility index (Phi) is 19.8. The lowest BCUT2D eigenvalue weighted by atomic mass is 10.0. The van der Waals surface area contributed by atoms with Gasteiger partial charge in [0.05, 0.1) is 46.9 Å². The van der Waals surface area contributed by atoms with Crippen LogP contribution in [0, 0.1) is 27.7 Å². The minimum absolute atomic E-state index is 0. The molecular formula is C52H50I2N2O6S4. The lowest BCUT2D eigenvalue weighted by Gasteiger charge is -2.07. The number of aryl methyl sites for hydroxylation is 4. The number of hydrogen-bond acceptors (Lipinski definition) is 10. The summed E-state index contributed by atoms with van der Waals surface area (Å²) in [6.45, 7) is 12.2. The maximum atomic E-state index is 14.1. The molecule has 342 valence electrons. The summed E-state index contributed by atoms with van der Waals surface area (Å²) in [5.41, 5.74) is 10.5. The van der Waals surface area contributed by atoms with Crippen molar-refractivity contribution in [2.75, 3.05) is 13.2 Å². The third kappa shape index (κ3) is 13.1. The van der Waals surface area contributed by atoms with Crippen molar-refractivity contribution in [3.63, 3.8) is 0 Å². The summed E-state index contributed by atoms with van der Waals surface area (Å²) in [5, 5.41) is 0. The summed E-state index contributed by atoms with van der Waals surface area (Å²) in [6.07, 6.45) is 8.09. The molecule has 3 aromatic carbocycles. The van der Waals surface area contributed by atoms with Crippen LogP contribution in [0.1, 0.15) is 88.8 Å². The van der Waals surface area contributed by atoms with Crippen LogP contribution in [-0.2, 0) is 43.4 Å². The number of ether oxygens (including phenoxy) is 2. The molecule has 8 nitrogen and oxygen atoms in total. The highest BCUT2D eigenvalue weighted by Gasteiger charge is 2.34. The highest BCUT2D eigenvalue weighted by molar-refractivity contribution is 8.00. The largest absolute Gasteiger partial charge is 1.00 e. The van der Waals surface area contributed by atoms with Crippen LogP contribution in [0.5, 0.6) is 0 Å². The molecule has 0 N–H and O–H groups in total. The molecule has 66 heavy (non-hydrogen) atoms. The van der Waals surface area contributed by atoms with Crippen molar-refractivity contribution in [2.45, 2.75) is 74.3 Å². The van der Waals surface area contributed by atoms with Crippen LogP contribution >= 0.6 is 46.2 Å². The van der Waals surface area contributed by atoms with Gasteiger partial charge in [-0.3, -0.25) is 19.2 Å². The van der Waals surface area contributed by atoms with Crippen molar-refractivity contribution >= 4 is 69.7 Å². The Morgan fingerprint density at radius 3 is 1.17 bits per heavy atom. The molecule has 0 unspecified atom stereocenters. The Labute approximate surface area is 437 Å². The fraction of sp³-hybridized carbons (Fsp3) is 0.231. The zero-order valence-electron chi connectivity index (χ0n) is 37.5. The molecule has 0 saturated heterocycles. The normalized spacial score (nSPS) is 10.8. The Balaban J connectivity index is 0.00000408. The van der Waals surface area contributed by atoms with Crippen molar-refractivity contribution in [3.8, 4) is 11.4 Å². The first kappa shape index (κ1) is 52.8. The van der Waals surface area contributed by atoms with E-state index in [1.54, 1.807) is 61.6 Å². The van der Waals surface area contributed by atoms with Gasteiger partial charge in [-0.1, -0.05) is 84.9 Å². The summed E-state index contributed by atoms with van der Waals surface area (Å²) >= 11 is 6.13. The number of esters is 2. The molecular weight excluding hydrogens is 1130 g/mol. The Hall–Kier alpha value is -4.20. The van der Waals surface area contributed by atoms with E-state index in [1.165, 1.54) is 22.7 Å². The van der Waals surface area contributed by atoms with Crippen LogP contribution in [0.2, 0.25) is 0 Å². The zero-order chi connectivity index (χ0) is 45.3. The van der Waals surface area contributed by atoms with E-state index in [2.05, 4.69) is 36.4 Å². The summed E-state index contributed by atoms with van der Waals surface area (Å²) in [4.78, 5) is 55.6. The smallest absolute Gasteiger partial charge is 0.310 e. The number of thiophene rings is 2. The van der Waals surface area contributed by atoms with E-state index in [4.69, 9.17) is 9.47 Å². The summed E-state index contributed by atoms with van der Waals surface area (Å²) < 4.78 is 16.8. The average Bonchev–Trinajstić information content (AvgIpc) is 3.82. The first-order valence-corrected chi connectivity index (χ1v) is 24.7. The number of ketones is 2. The van der Waals surface area contributed by atoms with E-state index >= 15 is 0 Å². The number of nitrogens with zero attached hydrogens (tertiary/aromatic N) is 2. The Morgan fingerprint density at radius 2 is 0.848 bits per heavy atom. The molecule has 7 aromatic rings. The summed E-state index contributed by atoms with van der Waals surface area (Å²) in [7, 11) is 0. The second-order valence-corrected chi connectivity index (χ2v) is 20.0. The van der Waals surface area contributed by atoms with Crippen molar-refractivity contribution in [3.05, 3.63) is 187 Å². The molecule has 0 aliphatic carbocycles. The van der Waals surface area contributed by atoms with Gasteiger partial charge >= 0.3 is 11.9 Å². The van der Waals surface area contributed by atoms with Crippen LogP contribution in [0.4, 0.5) is 0 Å². The van der Waals surface area contributed by atoms with Gasteiger partial charge in [0.15, 0.2) is 24.8 Å². The van der Waals surface area contributed by atoms with Crippen molar-refractivity contribution in [2.24, 2.45) is 0 Å². The second kappa shape index (κ2) is 24.7. The van der Waals surface area contributed by atoms with Gasteiger partial charge in [0, 0.05) is 44.9 Å². The Morgan fingerprint density at radius 1 is 0.515 bits per heavy atom. The van der Waals surface area contributed by atoms with Crippen LogP contribution < -0.4 is 57.1 Å². The predicted octanol–water partition coefficient (Wildman–Crippen LogP) is 4.86. The number of carbonyl (C=O) groups is 4. The highest BCUT2D eigenvalue weighted by Crippen LogP contribution is 2.42. The van der Waals surface area contributed by atoms with Crippen molar-refractivity contribution in [1.82, 2.24) is 0 Å². The molecule has 0 fully saturated rings. The molecule has 4 aromatic heterocycles. The molecule has 0 spiro atoms. The average molecular weight is 1180 g/mol. The van der Waals surface area contributed by atoms with Gasteiger partial charge in [0.1, 0.15) is 8.42 Å². The van der Waals surface area contributed by atoms with E-state index in [0.29, 0.717) is 43.5 Å². The van der Waals surface area contributed by atoms with Crippen molar-refractivity contribution in [1.29, 1.82) is 0 Å². The SMILES string of the molecule is CCOC(=O)Cc1c(C(=O)c2ccccc2)sc(SCc2ccc(CSc3sc(C(=O)c4ccccc4)c(CC(=O)OCC)c3-[n+]3cc(C)cc(C)c3)cc2)c1-[n+]1cc(C)cc(C)c1.[I-].[I-]. The summed E-state index contributed by atoms with van der Waals surface area (Å²) in [5.74, 6) is 0.249.